The Kier molecular flexibility index (Phi) is 5.30. The Morgan fingerprint density at radius 2 is 1.75 bits per heavy atom. The lowest BCUT2D eigenvalue weighted by molar-refractivity contribution is 0.199. The van der Waals surface area contributed by atoms with Crippen molar-refractivity contribution in [3.05, 3.63) is 29.3 Å². The molecule has 0 spiro atoms. The monoisotopic (exact) mass is 295 g/mol. The second-order valence-electron chi connectivity index (χ2n) is 6.14. The largest absolute Gasteiger partial charge is 0.369 e. The van der Waals surface area contributed by atoms with Crippen LogP contribution in [0.4, 0.5) is 5.69 Å². The van der Waals surface area contributed by atoms with Crippen LogP contribution in [0.15, 0.2) is 24.3 Å². The third kappa shape index (κ3) is 4.37. The summed E-state index contributed by atoms with van der Waals surface area (Å²) in [6.07, 6.45) is 2.24. The van der Waals surface area contributed by atoms with Crippen LogP contribution in [0.25, 0.3) is 0 Å². The van der Waals surface area contributed by atoms with Gasteiger partial charge in [-0.05, 0) is 37.6 Å². The first-order valence-corrected chi connectivity index (χ1v) is 7.90. The molecular weight excluding hydrogens is 270 g/mol. The summed E-state index contributed by atoms with van der Waals surface area (Å²) < 4.78 is 0. The minimum Gasteiger partial charge on any atom is -0.369 e. The van der Waals surface area contributed by atoms with Crippen molar-refractivity contribution in [2.24, 2.45) is 5.73 Å². The lowest BCUT2D eigenvalue weighted by Gasteiger charge is -2.39. The summed E-state index contributed by atoms with van der Waals surface area (Å²) in [5.74, 6) is 0. The zero-order chi connectivity index (χ0) is 14.6. The predicted octanol–water partition coefficient (Wildman–Crippen LogP) is 2.98. The van der Waals surface area contributed by atoms with Crippen LogP contribution in [0.1, 0.15) is 26.7 Å². The van der Waals surface area contributed by atoms with Crippen LogP contribution < -0.4 is 10.6 Å². The van der Waals surface area contributed by atoms with Crippen molar-refractivity contribution in [3.63, 3.8) is 0 Å². The smallest absolute Gasteiger partial charge is 0.0407 e. The second kappa shape index (κ2) is 6.79. The molecule has 1 aliphatic heterocycles. The van der Waals surface area contributed by atoms with Crippen molar-refractivity contribution < 1.29 is 0 Å². The minimum atomic E-state index is -0.0583. The topological polar surface area (TPSA) is 32.5 Å². The van der Waals surface area contributed by atoms with Gasteiger partial charge in [0.05, 0.1) is 0 Å². The Bertz CT molecular complexity index is 408. The van der Waals surface area contributed by atoms with Gasteiger partial charge in [-0.3, -0.25) is 4.90 Å². The number of benzene rings is 1. The molecule has 1 fully saturated rings. The summed E-state index contributed by atoms with van der Waals surface area (Å²) in [5.41, 5.74) is 7.55. The van der Waals surface area contributed by atoms with Crippen LogP contribution in [0.5, 0.6) is 0 Å². The van der Waals surface area contributed by atoms with Gasteiger partial charge in [0.2, 0.25) is 0 Å². The average molecular weight is 296 g/mol. The molecule has 2 N–H and O–H groups in total. The fourth-order valence-corrected chi connectivity index (χ4v) is 3.10. The first-order valence-electron chi connectivity index (χ1n) is 7.52. The van der Waals surface area contributed by atoms with E-state index < -0.39 is 0 Å². The Hall–Kier alpha value is -0.770. The molecule has 1 atom stereocenters. The van der Waals surface area contributed by atoms with Crippen molar-refractivity contribution in [2.45, 2.75) is 32.2 Å². The van der Waals surface area contributed by atoms with Gasteiger partial charge in [0.25, 0.3) is 0 Å². The van der Waals surface area contributed by atoms with Gasteiger partial charge in [-0.1, -0.05) is 24.9 Å². The summed E-state index contributed by atoms with van der Waals surface area (Å²) in [4.78, 5) is 4.91. The third-order valence-corrected chi connectivity index (χ3v) is 4.22. The Balaban J connectivity index is 1.84. The highest BCUT2D eigenvalue weighted by Gasteiger charge is 2.24. The molecule has 1 aliphatic rings. The molecule has 1 saturated heterocycles. The van der Waals surface area contributed by atoms with Gasteiger partial charge in [0.1, 0.15) is 0 Å². The van der Waals surface area contributed by atoms with Crippen molar-refractivity contribution >= 4 is 17.3 Å². The van der Waals surface area contributed by atoms with Crippen LogP contribution in [0, 0.1) is 0 Å². The number of hydrogen-bond donors (Lipinski definition) is 1. The standard InChI is InChI=1S/C16H26ClN3/c1-3-8-16(2,18)13-19-9-11-20(12-10-19)15-6-4-14(17)5-7-15/h4-7H,3,8-13,18H2,1-2H3. The van der Waals surface area contributed by atoms with Crippen molar-refractivity contribution in [2.75, 3.05) is 37.6 Å². The molecule has 0 amide bonds. The Morgan fingerprint density at radius 1 is 1.15 bits per heavy atom. The third-order valence-electron chi connectivity index (χ3n) is 3.97. The lowest BCUT2D eigenvalue weighted by atomic mass is 9.96. The van der Waals surface area contributed by atoms with Crippen molar-refractivity contribution in [3.8, 4) is 0 Å². The van der Waals surface area contributed by atoms with E-state index in [0.717, 1.165) is 50.6 Å². The molecule has 1 unspecified atom stereocenters. The fraction of sp³-hybridized carbons (Fsp3) is 0.625. The molecule has 0 radical (unpaired) electrons. The molecular formula is C16H26ClN3. The minimum absolute atomic E-state index is 0.0583. The normalized spacial score (nSPS) is 19.9. The van der Waals surface area contributed by atoms with Crippen molar-refractivity contribution in [1.82, 2.24) is 4.90 Å². The van der Waals surface area contributed by atoms with Crippen LogP contribution in [0.2, 0.25) is 5.02 Å². The van der Waals surface area contributed by atoms with Gasteiger partial charge >= 0.3 is 0 Å². The van der Waals surface area contributed by atoms with E-state index in [1.54, 1.807) is 0 Å². The summed E-state index contributed by atoms with van der Waals surface area (Å²) in [6, 6.07) is 8.12. The molecule has 0 aromatic heterocycles. The summed E-state index contributed by atoms with van der Waals surface area (Å²) in [6.45, 7) is 9.65. The molecule has 2 rings (SSSR count). The number of rotatable bonds is 5. The fourth-order valence-electron chi connectivity index (χ4n) is 2.98. The maximum atomic E-state index is 6.35. The number of piperazine rings is 1. The molecule has 1 heterocycles. The molecule has 1 aromatic rings. The van der Waals surface area contributed by atoms with Gasteiger partial charge in [-0.2, -0.15) is 0 Å². The van der Waals surface area contributed by atoms with Gasteiger partial charge in [-0.15, -0.1) is 0 Å². The van der Waals surface area contributed by atoms with E-state index in [1.165, 1.54) is 5.69 Å². The Morgan fingerprint density at radius 3 is 2.30 bits per heavy atom. The molecule has 1 aromatic carbocycles. The van der Waals surface area contributed by atoms with E-state index in [4.69, 9.17) is 17.3 Å². The average Bonchev–Trinajstić information content (AvgIpc) is 2.40. The van der Waals surface area contributed by atoms with Gasteiger partial charge in [-0.25, -0.2) is 0 Å². The highest BCUT2D eigenvalue weighted by Crippen LogP contribution is 2.20. The molecule has 3 nitrogen and oxygen atoms in total. The number of nitrogens with zero attached hydrogens (tertiary/aromatic N) is 2. The molecule has 0 bridgehead atoms. The zero-order valence-electron chi connectivity index (χ0n) is 12.6. The molecule has 0 saturated carbocycles. The Labute approximate surface area is 127 Å². The van der Waals surface area contributed by atoms with Gasteiger partial charge in [0.15, 0.2) is 0 Å². The summed E-state index contributed by atoms with van der Waals surface area (Å²) in [5, 5.41) is 0.797. The number of nitrogens with two attached hydrogens (primary N) is 1. The zero-order valence-corrected chi connectivity index (χ0v) is 13.4. The lowest BCUT2D eigenvalue weighted by Crippen LogP contribution is -2.54. The summed E-state index contributed by atoms with van der Waals surface area (Å²) >= 11 is 5.94. The second-order valence-corrected chi connectivity index (χ2v) is 6.58. The summed E-state index contributed by atoms with van der Waals surface area (Å²) in [7, 11) is 0. The van der Waals surface area contributed by atoms with Crippen molar-refractivity contribution in [1.29, 1.82) is 0 Å². The highest BCUT2D eigenvalue weighted by molar-refractivity contribution is 6.30. The van der Waals surface area contributed by atoms with Gasteiger partial charge < -0.3 is 10.6 Å². The number of halogens is 1. The SMILES string of the molecule is CCCC(C)(N)CN1CCN(c2ccc(Cl)cc2)CC1. The molecule has 4 heteroatoms. The van der Waals surface area contributed by atoms with Gasteiger partial charge in [0, 0.05) is 49.0 Å². The molecule has 20 heavy (non-hydrogen) atoms. The number of hydrogen-bond acceptors (Lipinski definition) is 3. The van der Waals surface area contributed by atoms with E-state index in [2.05, 4.69) is 35.8 Å². The van der Waals surface area contributed by atoms with E-state index in [9.17, 15) is 0 Å². The first-order chi connectivity index (χ1) is 9.50. The van der Waals surface area contributed by atoms with Crippen LogP contribution in [-0.2, 0) is 0 Å². The van der Waals surface area contributed by atoms with Crippen LogP contribution in [-0.4, -0.2) is 43.2 Å². The first kappa shape index (κ1) is 15.6. The van der Waals surface area contributed by atoms with E-state index in [1.807, 2.05) is 12.1 Å². The maximum Gasteiger partial charge on any atom is 0.0407 e. The van der Waals surface area contributed by atoms with E-state index in [-0.39, 0.29) is 5.54 Å². The quantitative estimate of drug-likeness (QED) is 0.906. The van der Waals surface area contributed by atoms with Crippen LogP contribution in [0.3, 0.4) is 0 Å². The highest BCUT2D eigenvalue weighted by atomic mass is 35.5. The van der Waals surface area contributed by atoms with Crippen LogP contribution >= 0.6 is 11.6 Å². The predicted molar refractivity (Wildman–Crippen MR) is 87.6 cm³/mol. The molecule has 112 valence electrons. The van der Waals surface area contributed by atoms with E-state index >= 15 is 0 Å². The molecule has 0 aliphatic carbocycles. The maximum absolute atomic E-state index is 6.35. The van der Waals surface area contributed by atoms with E-state index in [0.29, 0.717) is 0 Å². The number of anilines is 1.